The van der Waals surface area contributed by atoms with Crippen LogP contribution in [-0.2, 0) is 0 Å². The van der Waals surface area contributed by atoms with Crippen LogP contribution in [0.3, 0.4) is 0 Å². The van der Waals surface area contributed by atoms with Gasteiger partial charge in [-0.25, -0.2) is 10.2 Å². The minimum atomic E-state index is -0.505. The van der Waals surface area contributed by atoms with Gasteiger partial charge >= 0.3 is 5.97 Å². The third-order valence-corrected chi connectivity index (χ3v) is 4.73. The summed E-state index contributed by atoms with van der Waals surface area (Å²) in [5, 5.41) is 4.01. The maximum Gasteiger partial charge on any atom is 0.343 e. The summed E-state index contributed by atoms with van der Waals surface area (Å²) in [6, 6.07) is 19.0. The van der Waals surface area contributed by atoms with Crippen molar-refractivity contribution in [2.24, 2.45) is 5.10 Å². The molecule has 0 atom stereocenters. The van der Waals surface area contributed by atoms with Gasteiger partial charge in [0.1, 0.15) is 5.75 Å². The van der Waals surface area contributed by atoms with Crippen molar-refractivity contribution in [2.45, 2.75) is 27.2 Å². The van der Waals surface area contributed by atoms with Crippen LogP contribution < -0.4 is 19.6 Å². The maximum absolute atomic E-state index is 12.6. The van der Waals surface area contributed by atoms with E-state index in [9.17, 15) is 9.59 Å². The number of carbonyl (C=O) groups is 2. The van der Waals surface area contributed by atoms with Crippen molar-refractivity contribution < 1.29 is 23.8 Å². The summed E-state index contributed by atoms with van der Waals surface area (Å²) in [6.07, 6.45) is 2.40. The molecule has 0 heterocycles. The molecule has 3 rings (SSSR count). The van der Waals surface area contributed by atoms with Gasteiger partial charge in [0.25, 0.3) is 5.91 Å². The Hall–Kier alpha value is -4.13. The molecule has 0 bridgehead atoms. The van der Waals surface area contributed by atoms with E-state index in [1.165, 1.54) is 6.21 Å². The number of hydrazone groups is 1. The summed E-state index contributed by atoms with van der Waals surface area (Å²) >= 11 is 0. The SMILES string of the molecule is CCCOc1ccc(C(=O)Oc2ccc(/C=N/NC(=O)c3ccc(C)cc3)cc2OCC)cc1. The van der Waals surface area contributed by atoms with Crippen molar-refractivity contribution in [1.29, 1.82) is 0 Å². The Morgan fingerprint density at radius 2 is 1.59 bits per heavy atom. The molecule has 34 heavy (non-hydrogen) atoms. The van der Waals surface area contributed by atoms with Gasteiger partial charge in [0.05, 0.1) is 25.0 Å². The molecule has 1 amide bonds. The fourth-order valence-corrected chi connectivity index (χ4v) is 2.96. The molecular weight excluding hydrogens is 432 g/mol. The highest BCUT2D eigenvalue weighted by molar-refractivity contribution is 5.95. The second kappa shape index (κ2) is 12.2. The van der Waals surface area contributed by atoms with Crippen LogP contribution in [0.1, 0.15) is 52.1 Å². The zero-order chi connectivity index (χ0) is 24.3. The number of hydrogen-bond acceptors (Lipinski definition) is 6. The monoisotopic (exact) mass is 460 g/mol. The van der Waals surface area contributed by atoms with Gasteiger partial charge in [0, 0.05) is 5.56 Å². The van der Waals surface area contributed by atoms with Gasteiger partial charge in [-0.1, -0.05) is 24.6 Å². The third kappa shape index (κ3) is 6.93. The molecule has 0 fully saturated rings. The molecule has 3 aromatic carbocycles. The van der Waals surface area contributed by atoms with Gasteiger partial charge in [-0.3, -0.25) is 4.79 Å². The number of hydrogen-bond donors (Lipinski definition) is 1. The quantitative estimate of drug-likeness (QED) is 0.195. The van der Waals surface area contributed by atoms with Crippen LogP contribution in [-0.4, -0.2) is 31.3 Å². The molecule has 7 heteroatoms. The van der Waals surface area contributed by atoms with Crippen LogP contribution in [0.5, 0.6) is 17.2 Å². The molecule has 0 saturated carbocycles. The van der Waals surface area contributed by atoms with Gasteiger partial charge in [-0.15, -0.1) is 0 Å². The van der Waals surface area contributed by atoms with Crippen LogP contribution >= 0.6 is 0 Å². The summed E-state index contributed by atoms with van der Waals surface area (Å²) < 4.78 is 16.7. The average molecular weight is 461 g/mol. The van der Waals surface area contributed by atoms with Gasteiger partial charge in [-0.05, 0) is 80.4 Å². The molecule has 0 aliphatic carbocycles. The van der Waals surface area contributed by atoms with Crippen molar-refractivity contribution in [3.63, 3.8) is 0 Å². The zero-order valence-corrected chi connectivity index (χ0v) is 19.5. The summed E-state index contributed by atoms with van der Waals surface area (Å²) in [5.74, 6) is 0.575. The number of nitrogens with one attached hydrogen (secondary N) is 1. The Balaban J connectivity index is 1.66. The Labute approximate surface area is 199 Å². The largest absolute Gasteiger partial charge is 0.494 e. The maximum atomic E-state index is 12.6. The Bertz CT molecular complexity index is 1140. The Morgan fingerprint density at radius 3 is 2.26 bits per heavy atom. The van der Waals surface area contributed by atoms with E-state index in [0.717, 1.165) is 12.0 Å². The molecular formula is C27H28N2O5. The second-order valence-corrected chi connectivity index (χ2v) is 7.47. The lowest BCUT2D eigenvalue weighted by molar-refractivity contribution is 0.0728. The number of amides is 1. The van der Waals surface area contributed by atoms with Crippen LogP contribution in [0, 0.1) is 6.92 Å². The van der Waals surface area contributed by atoms with Gasteiger partial charge in [0.2, 0.25) is 0 Å². The number of carbonyl (C=O) groups excluding carboxylic acids is 2. The van der Waals surface area contributed by atoms with Crippen molar-refractivity contribution in [2.75, 3.05) is 13.2 Å². The normalized spacial score (nSPS) is 10.7. The minimum absolute atomic E-state index is 0.291. The first kappa shape index (κ1) is 24.5. The molecule has 0 spiro atoms. The number of nitrogens with zero attached hydrogens (tertiary/aromatic N) is 1. The predicted molar refractivity (Wildman–Crippen MR) is 131 cm³/mol. The number of benzene rings is 3. The average Bonchev–Trinajstić information content (AvgIpc) is 2.85. The summed E-state index contributed by atoms with van der Waals surface area (Å²) in [6.45, 7) is 6.82. The van der Waals surface area contributed by atoms with Gasteiger partial charge in [0.15, 0.2) is 11.5 Å². The van der Waals surface area contributed by atoms with E-state index in [-0.39, 0.29) is 5.91 Å². The van der Waals surface area contributed by atoms with Crippen LogP contribution in [0.15, 0.2) is 71.8 Å². The van der Waals surface area contributed by atoms with Crippen molar-refractivity contribution in [1.82, 2.24) is 5.43 Å². The zero-order valence-electron chi connectivity index (χ0n) is 19.5. The van der Waals surface area contributed by atoms with Crippen molar-refractivity contribution in [3.8, 4) is 17.2 Å². The summed E-state index contributed by atoms with van der Waals surface area (Å²) in [5.41, 5.74) is 5.16. The van der Waals surface area contributed by atoms with Crippen LogP contribution in [0.25, 0.3) is 0 Å². The molecule has 0 unspecified atom stereocenters. The summed E-state index contributed by atoms with van der Waals surface area (Å²) in [7, 11) is 0. The van der Waals surface area contributed by atoms with E-state index in [2.05, 4.69) is 10.5 Å². The first-order chi connectivity index (χ1) is 16.5. The molecule has 0 aliphatic heterocycles. The van der Waals surface area contributed by atoms with E-state index in [1.807, 2.05) is 32.9 Å². The molecule has 0 radical (unpaired) electrons. The van der Waals surface area contributed by atoms with Crippen molar-refractivity contribution >= 4 is 18.1 Å². The van der Waals surface area contributed by atoms with Gasteiger partial charge in [-0.2, -0.15) is 5.10 Å². The van der Waals surface area contributed by atoms with Crippen LogP contribution in [0.2, 0.25) is 0 Å². The van der Waals surface area contributed by atoms with Gasteiger partial charge < -0.3 is 14.2 Å². The lowest BCUT2D eigenvalue weighted by atomic mass is 10.1. The number of esters is 1. The minimum Gasteiger partial charge on any atom is -0.494 e. The number of aryl methyl sites for hydroxylation is 1. The Kier molecular flexibility index (Phi) is 8.80. The fourth-order valence-electron chi connectivity index (χ4n) is 2.96. The number of ether oxygens (including phenoxy) is 3. The highest BCUT2D eigenvalue weighted by Gasteiger charge is 2.13. The molecule has 0 aromatic heterocycles. The number of rotatable bonds is 10. The van der Waals surface area contributed by atoms with E-state index in [1.54, 1.807) is 54.6 Å². The van der Waals surface area contributed by atoms with E-state index >= 15 is 0 Å². The molecule has 176 valence electrons. The third-order valence-electron chi connectivity index (χ3n) is 4.73. The van der Waals surface area contributed by atoms with Crippen molar-refractivity contribution in [3.05, 3.63) is 89.0 Å². The van der Waals surface area contributed by atoms with E-state index < -0.39 is 5.97 Å². The topological polar surface area (TPSA) is 86.2 Å². The second-order valence-electron chi connectivity index (χ2n) is 7.47. The Morgan fingerprint density at radius 1 is 0.882 bits per heavy atom. The van der Waals surface area contributed by atoms with E-state index in [4.69, 9.17) is 14.2 Å². The lowest BCUT2D eigenvalue weighted by Crippen LogP contribution is -2.17. The standard InChI is InChI=1S/C27H28N2O5/c1-4-16-33-23-13-11-22(12-14-23)27(31)34-24-15-8-20(17-25(24)32-5-2)18-28-29-26(30)21-9-6-19(3)7-10-21/h6-15,17-18H,4-5,16H2,1-3H3,(H,29,30)/b28-18+. The summed E-state index contributed by atoms with van der Waals surface area (Å²) in [4.78, 5) is 24.8. The molecule has 0 aliphatic rings. The first-order valence-corrected chi connectivity index (χ1v) is 11.1. The molecule has 0 saturated heterocycles. The smallest absolute Gasteiger partial charge is 0.343 e. The fraction of sp³-hybridized carbons (Fsp3) is 0.222. The highest BCUT2D eigenvalue weighted by Crippen LogP contribution is 2.29. The lowest BCUT2D eigenvalue weighted by Gasteiger charge is -2.12. The van der Waals surface area contributed by atoms with Crippen LogP contribution in [0.4, 0.5) is 0 Å². The predicted octanol–water partition coefficient (Wildman–Crippen LogP) is 5.17. The molecule has 3 aromatic rings. The molecule has 1 N–H and O–H groups in total. The first-order valence-electron chi connectivity index (χ1n) is 11.1. The molecule has 7 nitrogen and oxygen atoms in total. The van der Waals surface area contributed by atoms with E-state index in [0.29, 0.717) is 47.2 Å². The highest BCUT2D eigenvalue weighted by atomic mass is 16.6.